The monoisotopic (exact) mass is 527 g/mol. The molecule has 200 valence electrons. The second-order valence-electron chi connectivity index (χ2n) is 10.1. The van der Waals surface area contributed by atoms with Crippen molar-refractivity contribution in [3.8, 4) is 17.1 Å². The lowest BCUT2D eigenvalue weighted by atomic mass is 10.0. The number of nitrogens with zero attached hydrogens (tertiary/aromatic N) is 6. The van der Waals surface area contributed by atoms with Crippen molar-refractivity contribution in [2.45, 2.75) is 32.4 Å². The predicted octanol–water partition coefficient (Wildman–Crippen LogP) is 2.50. The zero-order chi connectivity index (χ0) is 26.5. The maximum Gasteiger partial charge on any atom is 0.244 e. The number of nitrogen functional groups attached to an aromatic ring is 1. The average Bonchev–Trinajstić information content (AvgIpc) is 3.56. The van der Waals surface area contributed by atoms with Gasteiger partial charge in [-0.15, -0.1) is 0 Å². The fraction of sp³-hybridized carbons (Fsp3) is 0.370. The van der Waals surface area contributed by atoms with Crippen molar-refractivity contribution >= 4 is 39.8 Å². The summed E-state index contributed by atoms with van der Waals surface area (Å²) in [6.45, 7) is 5.56. The Balaban J connectivity index is 1.15. The van der Waals surface area contributed by atoms with Crippen molar-refractivity contribution in [3.05, 3.63) is 41.9 Å². The highest BCUT2D eigenvalue weighted by Crippen LogP contribution is 2.36. The van der Waals surface area contributed by atoms with E-state index in [0.717, 1.165) is 58.4 Å². The van der Waals surface area contributed by atoms with E-state index in [9.17, 15) is 4.79 Å². The van der Waals surface area contributed by atoms with Crippen LogP contribution < -0.4 is 21.1 Å². The molecule has 7 rings (SSSR count). The number of ether oxygens (including phenoxy) is 2. The predicted molar refractivity (Wildman–Crippen MR) is 146 cm³/mol. The number of hydrogen-bond donors (Lipinski definition) is 3. The van der Waals surface area contributed by atoms with Crippen LogP contribution in [0.2, 0.25) is 0 Å². The summed E-state index contributed by atoms with van der Waals surface area (Å²) in [5.41, 5.74) is 10.8. The van der Waals surface area contributed by atoms with Crippen molar-refractivity contribution < 1.29 is 14.3 Å². The van der Waals surface area contributed by atoms with E-state index >= 15 is 0 Å². The molecule has 1 fully saturated rings. The van der Waals surface area contributed by atoms with Gasteiger partial charge < -0.3 is 30.7 Å². The molecule has 0 radical (unpaired) electrons. The molecule has 4 aromatic rings. The topological polar surface area (TPSA) is 145 Å². The Hall–Kier alpha value is -4.45. The fourth-order valence-corrected chi connectivity index (χ4v) is 5.58. The van der Waals surface area contributed by atoms with E-state index in [1.807, 2.05) is 30.0 Å². The van der Waals surface area contributed by atoms with Crippen molar-refractivity contribution in [1.29, 1.82) is 0 Å². The van der Waals surface area contributed by atoms with Gasteiger partial charge in [0.1, 0.15) is 30.5 Å². The maximum atomic E-state index is 12.9. The highest BCUT2D eigenvalue weighted by Gasteiger charge is 2.30. The minimum absolute atomic E-state index is 0.0759. The number of anilines is 4. The van der Waals surface area contributed by atoms with Crippen LogP contribution in [0, 0.1) is 6.92 Å². The van der Waals surface area contributed by atoms with Crippen LogP contribution in [-0.2, 0) is 22.5 Å². The lowest BCUT2D eigenvalue weighted by molar-refractivity contribution is -0.133. The Morgan fingerprint density at radius 3 is 2.95 bits per heavy atom. The molecule has 1 atom stereocenters. The van der Waals surface area contributed by atoms with E-state index in [1.54, 1.807) is 17.1 Å². The van der Waals surface area contributed by atoms with E-state index in [-0.39, 0.29) is 18.5 Å². The molecule has 3 aliphatic heterocycles. The van der Waals surface area contributed by atoms with Gasteiger partial charge in [0, 0.05) is 61.2 Å². The molecule has 1 saturated heterocycles. The first-order valence-electron chi connectivity index (χ1n) is 13.2. The van der Waals surface area contributed by atoms with Gasteiger partial charge >= 0.3 is 0 Å². The van der Waals surface area contributed by atoms with Crippen LogP contribution in [0.1, 0.15) is 17.7 Å². The van der Waals surface area contributed by atoms with Crippen LogP contribution in [0.5, 0.6) is 5.88 Å². The average molecular weight is 528 g/mol. The number of pyridine rings is 3. The van der Waals surface area contributed by atoms with Crippen LogP contribution >= 0.6 is 0 Å². The molecule has 12 nitrogen and oxygen atoms in total. The molecule has 3 aliphatic rings. The fourth-order valence-electron chi connectivity index (χ4n) is 5.58. The van der Waals surface area contributed by atoms with E-state index < -0.39 is 0 Å². The SMILES string of the molecule is Cc1c(-c2cc3cc(Nc4cc5n(n4)CC(=O)N([C@@H]4CCOC4)CC5)ncc3c(N)n2)cnc2c1NCCO2. The van der Waals surface area contributed by atoms with Crippen LogP contribution in [0.3, 0.4) is 0 Å². The standard InChI is InChI=1S/C27H29N9O3/c1-15-19(11-31-27-25(15)29-4-7-39-27)21-8-16-9-22(30-12-20(16)26(28)32-21)33-23-10-17-2-5-35(18-3-6-38-14-18)24(37)13-36(17)34-23/h8-12,18,29H,2-7,13-14H2,1H3,(H2,28,32)(H,30,33,34)/t18-/m1/s1. The molecule has 7 heterocycles. The molecular formula is C27H29N9O3. The van der Waals surface area contributed by atoms with Gasteiger partial charge in [-0.25, -0.2) is 15.0 Å². The van der Waals surface area contributed by atoms with E-state index in [0.29, 0.717) is 49.7 Å². The number of carbonyl (C=O) groups is 1. The number of rotatable bonds is 4. The van der Waals surface area contributed by atoms with Crippen molar-refractivity contribution in [3.63, 3.8) is 0 Å². The number of carbonyl (C=O) groups excluding carboxylic acids is 1. The van der Waals surface area contributed by atoms with Crippen LogP contribution in [-0.4, -0.2) is 74.5 Å². The zero-order valence-electron chi connectivity index (χ0n) is 21.6. The third-order valence-corrected chi connectivity index (χ3v) is 7.65. The Bertz CT molecular complexity index is 1600. The maximum absolute atomic E-state index is 12.9. The number of hydrogen-bond acceptors (Lipinski definition) is 10. The number of aromatic nitrogens is 5. The molecule has 0 unspecified atom stereocenters. The molecule has 1 amide bonds. The van der Waals surface area contributed by atoms with E-state index in [4.69, 9.17) is 15.2 Å². The van der Waals surface area contributed by atoms with Gasteiger partial charge in [0.05, 0.1) is 18.3 Å². The molecule has 39 heavy (non-hydrogen) atoms. The number of fused-ring (bicyclic) bond motifs is 3. The molecule has 0 aliphatic carbocycles. The van der Waals surface area contributed by atoms with Gasteiger partial charge in [-0.2, -0.15) is 5.10 Å². The quantitative estimate of drug-likeness (QED) is 0.362. The Morgan fingerprint density at radius 1 is 1.15 bits per heavy atom. The normalized spacial score (nSPS) is 18.7. The molecule has 0 aromatic carbocycles. The summed E-state index contributed by atoms with van der Waals surface area (Å²) < 4.78 is 12.9. The van der Waals surface area contributed by atoms with E-state index in [1.165, 1.54) is 0 Å². The van der Waals surface area contributed by atoms with Crippen molar-refractivity contribution in [2.75, 3.05) is 49.3 Å². The molecule has 0 bridgehead atoms. The molecule has 4 aromatic heterocycles. The van der Waals surface area contributed by atoms with Crippen molar-refractivity contribution in [1.82, 2.24) is 29.6 Å². The van der Waals surface area contributed by atoms with E-state index in [2.05, 4.69) is 30.7 Å². The minimum Gasteiger partial charge on any atom is -0.474 e. The zero-order valence-corrected chi connectivity index (χ0v) is 21.6. The summed E-state index contributed by atoms with van der Waals surface area (Å²) >= 11 is 0. The summed E-state index contributed by atoms with van der Waals surface area (Å²) in [6, 6.07) is 6.06. The number of amides is 1. The molecule has 4 N–H and O–H groups in total. The first kappa shape index (κ1) is 23.7. The third-order valence-electron chi connectivity index (χ3n) is 7.65. The Kier molecular flexibility index (Phi) is 5.69. The Morgan fingerprint density at radius 2 is 2.08 bits per heavy atom. The van der Waals surface area contributed by atoms with Crippen LogP contribution in [0.25, 0.3) is 22.0 Å². The molecular weight excluding hydrogens is 498 g/mol. The molecule has 0 spiro atoms. The third kappa shape index (κ3) is 4.26. The summed E-state index contributed by atoms with van der Waals surface area (Å²) in [6.07, 6.45) is 5.12. The highest BCUT2D eigenvalue weighted by molar-refractivity contribution is 5.95. The summed E-state index contributed by atoms with van der Waals surface area (Å²) in [7, 11) is 0. The van der Waals surface area contributed by atoms with Gasteiger partial charge in [-0.3, -0.25) is 9.48 Å². The van der Waals surface area contributed by atoms with Gasteiger partial charge in [0.25, 0.3) is 0 Å². The first-order valence-corrected chi connectivity index (χ1v) is 13.2. The summed E-state index contributed by atoms with van der Waals surface area (Å²) in [5.74, 6) is 2.34. The smallest absolute Gasteiger partial charge is 0.244 e. The summed E-state index contributed by atoms with van der Waals surface area (Å²) in [5, 5.41) is 13.0. The largest absolute Gasteiger partial charge is 0.474 e. The number of nitrogens with two attached hydrogens (primary N) is 1. The van der Waals surface area contributed by atoms with Gasteiger partial charge in [0.2, 0.25) is 11.8 Å². The lowest BCUT2D eigenvalue weighted by Gasteiger charge is -2.26. The number of nitrogens with one attached hydrogen (secondary N) is 2. The first-order chi connectivity index (χ1) is 19.0. The van der Waals surface area contributed by atoms with Gasteiger partial charge in [-0.05, 0) is 36.4 Å². The summed E-state index contributed by atoms with van der Waals surface area (Å²) in [4.78, 5) is 28.5. The lowest BCUT2D eigenvalue weighted by Crippen LogP contribution is -2.42. The second kappa shape index (κ2) is 9.38. The molecule has 12 heteroatoms. The van der Waals surface area contributed by atoms with Crippen LogP contribution in [0.15, 0.2) is 30.6 Å². The Labute approximate surface area is 224 Å². The van der Waals surface area contributed by atoms with Crippen molar-refractivity contribution in [2.24, 2.45) is 0 Å². The highest BCUT2D eigenvalue weighted by atomic mass is 16.5. The van der Waals surface area contributed by atoms with Crippen LogP contribution in [0.4, 0.5) is 23.1 Å². The van der Waals surface area contributed by atoms with Gasteiger partial charge in [-0.1, -0.05) is 0 Å². The second-order valence-corrected chi connectivity index (χ2v) is 10.1. The van der Waals surface area contributed by atoms with Gasteiger partial charge in [0.15, 0.2) is 5.82 Å². The minimum atomic E-state index is 0.0759. The molecule has 0 saturated carbocycles.